The highest BCUT2D eigenvalue weighted by molar-refractivity contribution is 5.16. The van der Waals surface area contributed by atoms with Gasteiger partial charge in [-0.05, 0) is 24.6 Å². The number of halogens is 1. The van der Waals surface area contributed by atoms with Gasteiger partial charge in [0, 0.05) is 25.7 Å². The molecule has 0 amide bonds. The van der Waals surface area contributed by atoms with E-state index < -0.39 is 0 Å². The van der Waals surface area contributed by atoms with Gasteiger partial charge in [0.15, 0.2) is 0 Å². The molecule has 0 radical (unpaired) electrons. The van der Waals surface area contributed by atoms with Gasteiger partial charge in [0.25, 0.3) is 0 Å². The first-order chi connectivity index (χ1) is 9.20. The molecule has 2 aromatic heterocycles. The summed E-state index contributed by atoms with van der Waals surface area (Å²) in [6.45, 7) is 2.95. The zero-order valence-electron chi connectivity index (χ0n) is 11.2. The number of aromatic nitrogens is 4. The quantitative estimate of drug-likeness (QED) is 0.860. The van der Waals surface area contributed by atoms with E-state index in [2.05, 4.69) is 27.3 Å². The van der Waals surface area contributed by atoms with Crippen molar-refractivity contribution in [3.8, 4) is 0 Å². The fraction of sp³-hybridized carbons (Fsp3) is 0.462. The predicted octanol–water partition coefficient (Wildman–Crippen LogP) is 1.63. The Labute approximate surface area is 111 Å². The highest BCUT2D eigenvalue weighted by atomic mass is 19.1. The number of hydrogen-bond donors (Lipinski definition) is 1. The average molecular weight is 263 g/mol. The van der Waals surface area contributed by atoms with E-state index in [1.807, 2.05) is 7.05 Å². The first-order valence-electron chi connectivity index (χ1n) is 6.37. The summed E-state index contributed by atoms with van der Waals surface area (Å²) in [6.07, 6.45) is 6.09. The zero-order chi connectivity index (χ0) is 13.7. The van der Waals surface area contributed by atoms with Gasteiger partial charge in [-0.15, -0.1) is 0 Å². The lowest BCUT2D eigenvalue weighted by Crippen LogP contribution is -2.25. The maximum atomic E-state index is 13.3. The summed E-state index contributed by atoms with van der Waals surface area (Å²) >= 11 is 0. The summed E-state index contributed by atoms with van der Waals surface area (Å²) in [4.78, 5) is 8.12. The number of hydrogen-bond acceptors (Lipinski definition) is 4. The van der Waals surface area contributed by atoms with Crippen molar-refractivity contribution in [3.63, 3.8) is 0 Å². The average Bonchev–Trinajstić information content (AvgIpc) is 2.80. The van der Waals surface area contributed by atoms with E-state index in [0.29, 0.717) is 6.42 Å². The van der Waals surface area contributed by atoms with Crippen LogP contribution in [0.5, 0.6) is 0 Å². The van der Waals surface area contributed by atoms with Gasteiger partial charge in [0.2, 0.25) is 0 Å². The van der Waals surface area contributed by atoms with Gasteiger partial charge in [-0.25, -0.2) is 9.37 Å². The molecule has 0 saturated heterocycles. The second-order valence-electron chi connectivity index (χ2n) is 4.45. The van der Waals surface area contributed by atoms with Crippen molar-refractivity contribution in [2.75, 3.05) is 6.54 Å². The largest absolute Gasteiger partial charge is 0.310 e. The summed E-state index contributed by atoms with van der Waals surface area (Å²) in [5, 5.41) is 7.44. The lowest BCUT2D eigenvalue weighted by Gasteiger charge is -2.18. The van der Waals surface area contributed by atoms with Crippen molar-refractivity contribution in [3.05, 3.63) is 42.0 Å². The minimum absolute atomic E-state index is 0.00829. The van der Waals surface area contributed by atoms with Crippen LogP contribution < -0.4 is 5.32 Å². The van der Waals surface area contributed by atoms with Gasteiger partial charge >= 0.3 is 0 Å². The molecule has 0 bridgehead atoms. The molecule has 0 aliphatic rings. The van der Waals surface area contributed by atoms with E-state index in [1.54, 1.807) is 10.9 Å². The highest BCUT2D eigenvalue weighted by Crippen LogP contribution is 2.17. The minimum Gasteiger partial charge on any atom is -0.310 e. The van der Waals surface area contributed by atoms with Crippen molar-refractivity contribution in [1.82, 2.24) is 25.1 Å². The van der Waals surface area contributed by atoms with Gasteiger partial charge in [-0.2, -0.15) is 5.10 Å². The van der Waals surface area contributed by atoms with Crippen molar-refractivity contribution >= 4 is 0 Å². The number of pyridine rings is 1. The van der Waals surface area contributed by atoms with Gasteiger partial charge in [-0.1, -0.05) is 6.92 Å². The monoisotopic (exact) mass is 263 g/mol. The van der Waals surface area contributed by atoms with E-state index in [-0.39, 0.29) is 11.9 Å². The lowest BCUT2D eigenvalue weighted by molar-refractivity contribution is 0.501. The Bertz CT molecular complexity index is 525. The molecule has 0 saturated carbocycles. The summed E-state index contributed by atoms with van der Waals surface area (Å²) in [7, 11) is 1.85. The number of nitrogens with one attached hydrogen (secondary N) is 1. The van der Waals surface area contributed by atoms with Crippen LogP contribution in [0.2, 0.25) is 0 Å². The smallest absolute Gasteiger partial charge is 0.141 e. The molecular formula is C13H18FN5. The first-order valence-corrected chi connectivity index (χ1v) is 6.37. The van der Waals surface area contributed by atoms with Crippen LogP contribution >= 0.6 is 0 Å². The summed E-state index contributed by atoms with van der Waals surface area (Å²) in [5.41, 5.74) is 0.830. The van der Waals surface area contributed by atoms with Crippen LogP contribution in [-0.2, 0) is 13.5 Å². The molecule has 5 nitrogen and oxygen atoms in total. The Morgan fingerprint density at radius 3 is 2.89 bits per heavy atom. The number of aryl methyl sites for hydroxylation is 1. The molecule has 6 heteroatoms. The number of rotatable bonds is 6. The van der Waals surface area contributed by atoms with Crippen molar-refractivity contribution in [1.29, 1.82) is 0 Å². The maximum Gasteiger partial charge on any atom is 0.141 e. The third-order valence-electron chi connectivity index (χ3n) is 2.96. The Morgan fingerprint density at radius 2 is 2.26 bits per heavy atom. The SMILES string of the molecule is CCCNC(Cc1ncnn1C)c1cncc(F)c1. The predicted molar refractivity (Wildman–Crippen MR) is 69.9 cm³/mol. The molecule has 19 heavy (non-hydrogen) atoms. The molecule has 2 aromatic rings. The number of nitrogens with zero attached hydrogens (tertiary/aromatic N) is 4. The molecular weight excluding hydrogens is 245 g/mol. The maximum absolute atomic E-state index is 13.3. The molecule has 0 aliphatic heterocycles. The molecule has 0 spiro atoms. The summed E-state index contributed by atoms with van der Waals surface area (Å²) in [6, 6.07) is 1.50. The molecule has 1 N–H and O–H groups in total. The van der Waals surface area contributed by atoms with Crippen LogP contribution in [0.3, 0.4) is 0 Å². The van der Waals surface area contributed by atoms with Gasteiger partial charge in [0.05, 0.1) is 6.20 Å². The van der Waals surface area contributed by atoms with Crippen molar-refractivity contribution in [2.45, 2.75) is 25.8 Å². The fourth-order valence-corrected chi connectivity index (χ4v) is 1.93. The van der Waals surface area contributed by atoms with E-state index in [4.69, 9.17) is 0 Å². The summed E-state index contributed by atoms with van der Waals surface area (Å²) < 4.78 is 15.0. The van der Waals surface area contributed by atoms with Gasteiger partial charge in [-0.3, -0.25) is 9.67 Å². The molecule has 1 atom stereocenters. The summed E-state index contributed by atoms with van der Waals surface area (Å²) in [5.74, 6) is 0.539. The van der Waals surface area contributed by atoms with E-state index >= 15 is 0 Å². The molecule has 0 fully saturated rings. The van der Waals surface area contributed by atoms with E-state index in [9.17, 15) is 4.39 Å². The Morgan fingerprint density at radius 1 is 1.42 bits per heavy atom. The third kappa shape index (κ3) is 3.57. The van der Waals surface area contributed by atoms with Crippen LogP contribution in [0.4, 0.5) is 4.39 Å². The van der Waals surface area contributed by atoms with Gasteiger partial charge < -0.3 is 5.32 Å². The van der Waals surface area contributed by atoms with E-state index in [0.717, 1.165) is 24.4 Å². The molecule has 2 rings (SSSR count). The Balaban J connectivity index is 2.18. The molecule has 2 heterocycles. The molecule has 102 valence electrons. The van der Waals surface area contributed by atoms with Crippen LogP contribution in [-0.4, -0.2) is 26.3 Å². The Hall–Kier alpha value is -1.82. The van der Waals surface area contributed by atoms with Crippen molar-refractivity contribution < 1.29 is 4.39 Å². The third-order valence-corrected chi connectivity index (χ3v) is 2.96. The first kappa shape index (κ1) is 13.6. The minimum atomic E-state index is -0.321. The topological polar surface area (TPSA) is 55.6 Å². The second-order valence-corrected chi connectivity index (χ2v) is 4.45. The molecule has 0 aliphatic carbocycles. The molecule has 1 unspecified atom stereocenters. The van der Waals surface area contributed by atoms with E-state index in [1.165, 1.54) is 18.6 Å². The van der Waals surface area contributed by atoms with Crippen LogP contribution in [0.15, 0.2) is 24.8 Å². The highest BCUT2D eigenvalue weighted by Gasteiger charge is 2.15. The normalized spacial score (nSPS) is 12.6. The molecule has 0 aromatic carbocycles. The Kier molecular flexibility index (Phi) is 4.57. The van der Waals surface area contributed by atoms with Gasteiger partial charge in [0.1, 0.15) is 18.0 Å². The fourth-order valence-electron chi connectivity index (χ4n) is 1.93. The lowest BCUT2D eigenvalue weighted by atomic mass is 10.1. The van der Waals surface area contributed by atoms with Crippen LogP contribution in [0.25, 0.3) is 0 Å². The van der Waals surface area contributed by atoms with Crippen LogP contribution in [0, 0.1) is 5.82 Å². The standard InChI is InChI=1S/C13H18FN5/c1-3-4-16-12(6-13-17-9-18-19(13)2)10-5-11(14)8-15-7-10/h5,7-9,12,16H,3-4,6H2,1-2H3. The van der Waals surface area contributed by atoms with Crippen molar-refractivity contribution in [2.24, 2.45) is 7.05 Å². The zero-order valence-corrected chi connectivity index (χ0v) is 11.2. The second kappa shape index (κ2) is 6.38. The van der Waals surface area contributed by atoms with Crippen LogP contribution in [0.1, 0.15) is 30.8 Å².